The van der Waals surface area contributed by atoms with Gasteiger partial charge < -0.3 is 15.1 Å². The molecule has 112 valence electrons. The lowest BCUT2D eigenvalue weighted by atomic mass is 10.2. The lowest BCUT2D eigenvalue weighted by Crippen LogP contribution is -2.26. The molecular formula is C16H21N3O2. The van der Waals surface area contributed by atoms with Crippen LogP contribution in [0.4, 0.5) is 5.82 Å². The minimum atomic E-state index is -0.0911. The molecule has 1 amide bonds. The lowest BCUT2D eigenvalue weighted by molar-refractivity contribution is 0.0953. The van der Waals surface area contributed by atoms with E-state index in [0.29, 0.717) is 18.5 Å². The van der Waals surface area contributed by atoms with Gasteiger partial charge in [0.2, 0.25) is 0 Å². The number of anilines is 1. The van der Waals surface area contributed by atoms with E-state index in [2.05, 4.69) is 22.5 Å². The first kappa shape index (κ1) is 15.1. The summed E-state index contributed by atoms with van der Waals surface area (Å²) in [7, 11) is 0. The van der Waals surface area contributed by atoms with Crippen molar-refractivity contribution in [3.05, 3.63) is 47.5 Å². The van der Waals surface area contributed by atoms with Crippen LogP contribution < -0.4 is 10.6 Å². The Balaban J connectivity index is 1.93. The van der Waals surface area contributed by atoms with Crippen molar-refractivity contribution < 1.29 is 9.21 Å². The molecule has 0 radical (unpaired) electrons. The molecule has 0 fully saturated rings. The minimum Gasteiger partial charge on any atom is -0.469 e. The maximum Gasteiger partial charge on any atom is 0.251 e. The van der Waals surface area contributed by atoms with Gasteiger partial charge in [-0.1, -0.05) is 6.92 Å². The van der Waals surface area contributed by atoms with Crippen LogP contribution in [0, 0.1) is 6.92 Å². The molecule has 0 unspecified atom stereocenters. The smallest absolute Gasteiger partial charge is 0.251 e. The average molecular weight is 287 g/mol. The second-order valence-electron chi connectivity index (χ2n) is 4.89. The number of aryl methyl sites for hydroxylation is 1. The van der Waals surface area contributed by atoms with Crippen LogP contribution in [0.1, 0.15) is 35.2 Å². The molecule has 0 atom stereocenters. The van der Waals surface area contributed by atoms with Crippen molar-refractivity contribution >= 4 is 11.7 Å². The van der Waals surface area contributed by atoms with Crippen LogP contribution in [0.5, 0.6) is 0 Å². The average Bonchev–Trinajstić information content (AvgIpc) is 2.97. The number of nitrogens with zero attached hydrogens (tertiary/aromatic N) is 1. The normalized spacial score (nSPS) is 10.4. The standard InChI is InChI=1S/C16H21N3O2/c1-3-7-17-15-11-13(10-12(2)19-15)16(20)18-8-6-14-5-4-9-21-14/h4-5,9-11H,3,6-8H2,1-2H3,(H,17,19)(H,18,20). The van der Waals surface area contributed by atoms with Crippen molar-refractivity contribution in [1.82, 2.24) is 10.3 Å². The van der Waals surface area contributed by atoms with Gasteiger partial charge in [-0.25, -0.2) is 4.98 Å². The Hall–Kier alpha value is -2.30. The molecule has 0 saturated heterocycles. The number of carbonyl (C=O) groups excluding carboxylic acids is 1. The van der Waals surface area contributed by atoms with Crippen molar-refractivity contribution in [3.63, 3.8) is 0 Å². The molecule has 0 spiro atoms. The van der Waals surface area contributed by atoms with Gasteiger partial charge in [0.1, 0.15) is 11.6 Å². The van der Waals surface area contributed by atoms with Gasteiger partial charge in [-0.2, -0.15) is 0 Å². The van der Waals surface area contributed by atoms with Crippen LogP contribution in [-0.4, -0.2) is 24.0 Å². The van der Waals surface area contributed by atoms with Crippen LogP contribution in [0.2, 0.25) is 0 Å². The zero-order valence-corrected chi connectivity index (χ0v) is 12.5. The van der Waals surface area contributed by atoms with Crippen molar-refractivity contribution in [2.75, 3.05) is 18.4 Å². The third-order valence-corrected chi connectivity index (χ3v) is 3.01. The largest absolute Gasteiger partial charge is 0.469 e. The first-order chi connectivity index (χ1) is 10.2. The highest BCUT2D eigenvalue weighted by Gasteiger charge is 2.08. The number of hydrogen-bond acceptors (Lipinski definition) is 4. The molecule has 2 aromatic rings. The van der Waals surface area contributed by atoms with Gasteiger partial charge in [-0.15, -0.1) is 0 Å². The molecular weight excluding hydrogens is 266 g/mol. The van der Waals surface area contributed by atoms with Crippen LogP contribution >= 0.6 is 0 Å². The summed E-state index contributed by atoms with van der Waals surface area (Å²) in [6, 6.07) is 7.31. The highest BCUT2D eigenvalue weighted by atomic mass is 16.3. The molecule has 0 aromatic carbocycles. The summed E-state index contributed by atoms with van der Waals surface area (Å²) in [6.07, 6.45) is 3.33. The van der Waals surface area contributed by atoms with E-state index in [-0.39, 0.29) is 5.91 Å². The Morgan fingerprint density at radius 3 is 2.90 bits per heavy atom. The summed E-state index contributed by atoms with van der Waals surface area (Å²) in [6.45, 7) is 5.36. The van der Waals surface area contributed by atoms with Gasteiger partial charge in [-0.3, -0.25) is 4.79 Å². The first-order valence-corrected chi connectivity index (χ1v) is 7.22. The number of furan rings is 1. The number of pyridine rings is 1. The first-order valence-electron chi connectivity index (χ1n) is 7.22. The Morgan fingerprint density at radius 2 is 2.19 bits per heavy atom. The second-order valence-corrected chi connectivity index (χ2v) is 4.89. The molecule has 0 aliphatic heterocycles. The van der Waals surface area contributed by atoms with E-state index in [1.54, 1.807) is 18.4 Å². The predicted molar refractivity (Wildman–Crippen MR) is 82.5 cm³/mol. The number of rotatable bonds is 7. The van der Waals surface area contributed by atoms with E-state index in [1.165, 1.54) is 0 Å². The quantitative estimate of drug-likeness (QED) is 0.821. The van der Waals surface area contributed by atoms with Gasteiger partial charge in [-0.05, 0) is 37.6 Å². The van der Waals surface area contributed by atoms with Crippen molar-refractivity contribution in [2.24, 2.45) is 0 Å². The van der Waals surface area contributed by atoms with E-state index in [4.69, 9.17) is 4.42 Å². The zero-order valence-electron chi connectivity index (χ0n) is 12.5. The van der Waals surface area contributed by atoms with Gasteiger partial charge in [0, 0.05) is 30.8 Å². The summed E-state index contributed by atoms with van der Waals surface area (Å²) in [5, 5.41) is 6.10. The Bertz CT molecular complexity index is 579. The van der Waals surface area contributed by atoms with Crippen molar-refractivity contribution in [1.29, 1.82) is 0 Å². The van der Waals surface area contributed by atoms with Gasteiger partial charge >= 0.3 is 0 Å². The number of aromatic nitrogens is 1. The second kappa shape index (κ2) is 7.47. The number of amides is 1. The fourth-order valence-electron chi connectivity index (χ4n) is 2.00. The molecule has 2 rings (SSSR count). The third kappa shape index (κ3) is 4.63. The Morgan fingerprint density at radius 1 is 1.33 bits per heavy atom. The third-order valence-electron chi connectivity index (χ3n) is 3.01. The molecule has 0 aliphatic rings. The van der Waals surface area contributed by atoms with Crippen LogP contribution in [0.25, 0.3) is 0 Å². The monoisotopic (exact) mass is 287 g/mol. The highest BCUT2D eigenvalue weighted by molar-refractivity contribution is 5.95. The summed E-state index contributed by atoms with van der Waals surface area (Å²) in [4.78, 5) is 16.5. The van der Waals surface area contributed by atoms with Gasteiger partial charge in [0.25, 0.3) is 5.91 Å². The molecule has 2 aromatic heterocycles. The molecule has 0 aliphatic carbocycles. The molecule has 0 saturated carbocycles. The van der Waals surface area contributed by atoms with Gasteiger partial charge in [0.05, 0.1) is 6.26 Å². The fourth-order valence-corrected chi connectivity index (χ4v) is 2.00. The lowest BCUT2D eigenvalue weighted by Gasteiger charge is -2.09. The van der Waals surface area contributed by atoms with Crippen LogP contribution in [0.15, 0.2) is 34.9 Å². The fraction of sp³-hybridized carbons (Fsp3) is 0.375. The summed E-state index contributed by atoms with van der Waals surface area (Å²) in [5.74, 6) is 1.52. The summed E-state index contributed by atoms with van der Waals surface area (Å²) < 4.78 is 5.23. The molecule has 5 nitrogen and oxygen atoms in total. The predicted octanol–water partition coefficient (Wildman–Crippen LogP) is 2.78. The van der Waals surface area contributed by atoms with E-state index >= 15 is 0 Å². The van der Waals surface area contributed by atoms with E-state index in [0.717, 1.165) is 30.2 Å². The molecule has 0 bridgehead atoms. The zero-order chi connectivity index (χ0) is 15.1. The number of hydrogen-bond donors (Lipinski definition) is 2. The summed E-state index contributed by atoms with van der Waals surface area (Å²) >= 11 is 0. The van der Waals surface area contributed by atoms with Crippen LogP contribution in [0.3, 0.4) is 0 Å². The maximum atomic E-state index is 12.2. The topological polar surface area (TPSA) is 67.2 Å². The Labute approximate surface area is 124 Å². The van der Waals surface area contributed by atoms with E-state index in [9.17, 15) is 4.79 Å². The number of carbonyl (C=O) groups is 1. The van der Waals surface area contributed by atoms with E-state index < -0.39 is 0 Å². The highest BCUT2D eigenvalue weighted by Crippen LogP contribution is 2.10. The molecule has 2 heterocycles. The molecule has 5 heteroatoms. The molecule has 21 heavy (non-hydrogen) atoms. The minimum absolute atomic E-state index is 0.0911. The SMILES string of the molecule is CCCNc1cc(C(=O)NCCc2ccco2)cc(C)n1. The van der Waals surface area contributed by atoms with Crippen molar-refractivity contribution in [2.45, 2.75) is 26.7 Å². The number of nitrogens with one attached hydrogen (secondary N) is 2. The maximum absolute atomic E-state index is 12.2. The summed E-state index contributed by atoms with van der Waals surface area (Å²) in [5.41, 5.74) is 1.45. The van der Waals surface area contributed by atoms with E-state index in [1.807, 2.05) is 19.1 Å². The van der Waals surface area contributed by atoms with Gasteiger partial charge in [0.15, 0.2) is 0 Å². The molecule has 2 N–H and O–H groups in total. The van der Waals surface area contributed by atoms with Crippen molar-refractivity contribution in [3.8, 4) is 0 Å². The Kier molecular flexibility index (Phi) is 5.37. The van der Waals surface area contributed by atoms with Crippen LogP contribution in [-0.2, 0) is 6.42 Å².